The Labute approximate surface area is 117 Å². The molecule has 1 aromatic rings. The smallest absolute Gasteiger partial charge is 0.246 e. The van der Waals surface area contributed by atoms with E-state index in [0.717, 1.165) is 19.4 Å². The standard InChI is InChI=1S/C12H18ClN3O3/c13-10-6-15-16(7-10)4-3-14-12(17)9-18-8-11-2-1-5-19-11/h6-7,11H,1-5,8-9H2,(H,14,17). The van der Waals surface area contributed by atoms with Crippen molar-refractivity contribution in [2.75, 3.05) is 26.4 Å². The minimum atomic E-state index is -0.128. The van der Waals surface area contributed by atoms with Gasteiger partial charge in [0.1, 0.15) is 6.61 Å². The zero-order valence-corrected chi connectivity index (χ0v) is 11.4. The molecule has 0 radical (unpaired) electrons. The van der Waals surface area contributed by atoms with Crippen LogP contribution in [0.25, 0.3) is 0 Å². The lowest BCUT2D eigenvalue weighted by Gasteiger charge is -2.10. The predicted molar refractivity (Wildman–Crippen MR) is 70.0 cm³/mol. The number of halogens is 1. The van der Waals surface area contributed by atoms with E-state index in [2.05, 4.69) is 10.4 Å². The minimum absolute atomic E-state index is 0.0692. The van der Waals surface area contributed by atoms with Crippen LogP contribution in [0.3, 0.4) is 0 Å². The molecule has 2 rings (SSSR count). The van der Waals surface area contributed by atoms with Gasteiger partial charge in [0.05, 0.1) is 30.5 Å². The fourth-order valence-corrected chi connectivity index (χ4v) is 2.04. The third-order valence-corrected chi connectivity index (χ3v) is 3.02. The average molecular weight is 288 g/mol. The molecule has 1 saturated heterocycles. The van der Waals surface area contributed by atoms with Crippen LogP contribution in [0.1, 0.15) is 12.8 Å². The first kappa shape index (κ1) is 14.3. The molecule has 1 aliphatic rings. The Morgan fingerprint density at radius 2 is 2.58 bits per heavy atom. The fraction of sp³-hybridized carbons (Fsp3) is 0.667. The van der Waals surface area contributed by atoms with Gasteiger partial charge in [-0.05, 0) is 12.8 Å². The molecule has 106 valence electrons. The molecule has 0 spiro atoms. The molecule has 0 aromatic carbocycles. The normalized spacial score (nSPS) is 18.7. The van der Waals surface area contributed by atoms with Crippen LogP contribution in [0.2, 0.25) is 5.02 Å². The van der Waals surface area contributed by atoms with Crippen LogP contribution in [0.5, 0.6) is 0 Å². The van der Waals surface area contributed by atoms with E-state index in [1.165, 1.54) is 0 Å². The third kappa shape index (κ3) is 5.18. The Hall–Kier alpha value is -1.11. The Kier molecular flexibility index (Phi) is 5.62. The van der Waals surface area contributed by atoms with Gasteiger partial charge >= 0.3 is 0 Å². The van der Waals surface area contributed by atoms with Gasteiger partial charge in [-0.15, -0.1) is 0 Å². The van der Waals surface area contributed by atoms with Crippen molar-refractivity contribution in [2.45, 2.75) is 25.5 Å². The quantitative estimate of drug-likeness (QED) is 0.807. The Bertz CT molecular complexity index is 405. The second-order valence-corrected chi connectivity index (χ2v) is 4.86. The first-order chi connectivity index (χ1) is 9.24. The van der Waals surface area contributed by atoms with Gasteiger partial charge in [-0.3, -0.25) is 9.48 Å². The fourth-order valence-electron chi connectivity index (χ4n) is 1.88. The topological polar surface area (TPSA) is 65.4 Å². The number of amides is 1. The lowest BCUT2D eigenvalue weighted by Crippen LogP contribution is -2.31. The first-order valence-corrected chi connectivity index (χ1v) is 6.76. The summed E-state index contributed by atoms with van der Waals surface area (Å²) in [5.41, 5.74) is 0. The number of nitrogens with zero attached hydrogens (tertiary/aromatic N) is 2. The number of carbonyl (C=O) groups excluding carboxylic acids is 1. The van der Waals surface area contributed by atoms with Crippen molar-refractivity contribution < 1.29 is 14.3 Å². The maximum atomic E-state index is 11.5. The van der Waals surface area contributed by atoms with Crippen molar-refractivity contribution in [2.24, 2.45) is 0 Å². The molecule has 6 nitrogen and oxygen atoms in total. The highest BCUT2D eigenvalue weighted by Crippen LogP contribution is 2.11. The molecule has 1 aromatic heterocycles. The highest BCUT2D eigenvalue weighted by molar-refractivity contribution is 6.30. The van der Waals surface area contributed by atoms with Crippen LogP contribution in [-0.2, 0) is 20.8 Å². The number of aromatic nitrogens is 2. The van der Waals surface area contributed by atoms with E-state index >= 15 is 0 Å². The van der Waals surface area contributed by atoms with Crippen LogP contribution in [0.15, 0.2) is 12.4 Å². The van der Waals surface area contributed by atoms with Gasteiger partial charge in [0, 0.05) is 19.3 Å². The summed E-state index contributed by atoms with van der Waals surface area (Å²) in [4.78, 5) is 11.5. The summed E-state index contributed by atoms with van der Waals surface area (Å²) in [7, 11) is 0. The SMILES string of the molecule is O=C(COCC1CCCO1)NCCn1cc(Cl)cn1. The van der Waals surface area contributed by atoms with Crippen LogP contribution < -0.4 is 5.32 Å². The Morgan fingerprint density at radius 1 is 1.68 bits per heavy atom. The number of nitrogens with one attached hydrogen (secondary N) is 1. The molecule has 1 unspecified atom stereocenters. The summed E-state index contributed by atoms with van der Waals surface area (Å²) in [5, 5.41) is 7.36. The van der Waals surface area contributed by atoms with Crippen LogP contribution in [0, 0.1) is 0 Å². The molecule has 1 atom stereocenters. The van der Waals surface area contributed by atoms with E-state index < -0.39 is 0 Å². The van der Waals surface area contributed by atoms with E-state index in [-0.39, 0.29) is 18.6 Å². The molecule has 1 N–H and O–H groups in total. The highest BCUT2D eigenvalue weighted by atomic mass is 35.5. The van der Waals surface area contributed by atoms with E-state index in [1.807, 2.05) is 0 Å². The molecule has 2 heterocycles. The van der Waals surface area contributed by atoms with Gasteiger partial charge in [0.2, 0.25) is 5.91 Å². The average Bonchev–Trinajstić information content (AvgIpc) is 3.01. The van der Waals surface area contributed by atoms with Crippen molar-refractivity contribution in [3.63, 3.8) is 0 Å². The minimum Gasteiger partial charge on any atom is -0.376 e. The summed E-state index contributed by atoms with van der Waals surface area (Å²) in [5.74, 6) is -0.128. The molecular formula is C12H18ClN3O3. The van der Waals surface area contributed by atoms with Crippen molar-refractivity contribution in [1.29, 1.82) is 0 Å². The number of hydrogen-bond acceptors (Lipinski definition) is 4. The van der Waals surface area contributed by atoms with Crippen molar-refractivity contribution in [3.05, 3.63) is 17.4 Å². The second-order valence-electron chi connectivity index (χ2n) is 4.42. The number of ether oxygens (including phenoxy) is 2. The molecule has 19 heavy (non-hydrogen) atoms. The maximum absolute atomic E-state index is 11.5. The number of rotatable bonds is 7. The Balaban J connectivity index is 1.52. The maximum Gasteiger partial charge on any atom is 0.246 e. The lowest BCUT2D eigenvalue weighted by atomic mass is 10.2. The molecular weight excluding hydrogens is 270 g/mol. The van der Waals surface area contributed by atoms with Gasteiger partial charge in [0.15, 0.2) is 0 Å². The van der Waals surface area contributed by atoms with Crippen molar-refractivity contribution in [1.82, 2.24) is 15.1 Å². The van der Waals surface area contributed by atoms with Crippen LogP contribution in [-0.4, -0.2) is 48.2 Å². The van der Waals surface area contributed by atoms with Gasteiger partial charge in [-0.2, -0.15) is 5.10 Å². The molecule has 7 heteroatoms. The summed E-state index contributed by atoms with van der Waals surface area (Å²) in [6.45, 7) is 2.44. The lowest BCUT2D eigenvalue weighted by molar-refractivity contribution is -0.126. The zero-order valence-electron chi connectivity index (χ0n) is 10.7. The van der Waals surface area contributed by atoms with Gasteiger partial charge < -0.3 is 14.8 Å². The summed E-state index contributed by atoms with van der Waals surface area (Å²) in [6.07, 6.45) is 5.52. The zero-order chi connectivity index (χ0) is 13.5. The van der Waals surface area contributed by atoms with Crippen LogP contribution in [0.4, 0.5) is 0 Å². The molecule has 1 amide bonds. The highest BCUT2D eigenvalue weighted by Gasteiger charge is 2.15. The first-order valence-electron chi connectivity index (χ1n) is 6.38. The van der Waals surface area contributed by atoms with E-state index in [4.69, 9.17) is 21.1 Å². The summed E-state index contributed by atoms with van der Waals surface area (Å²) >= 11 is 5.73. The number of carbonyl (C=O) groups is 1. The van der Waals surface area contributed by atoms with Crippen molar-refractivity contribution >= 4 is 17.5 Å². The largest absolute Gasteiger partial charge is 0.376 e. The second kappa shape index (κ2) is 7.47. The molecule has 1 fully saturated rings. The predicted octanol–water partition coefficient (Wildman–Crippen LogP) is 0.848. The summed E-state index contributed by atoms with van der Waals surface area (Å²) < 4.78 is 12.4. The van der Waals surface area contributed by atoms with E-state index in [9.17, 15) is 4.79 Å². The van der Waals surface area contributed by atoms with Gasteiger partial charge in [-0.1, -0.05) is 11.6 Å². The molecule has 0 saturated carbocycles. The monoisotopic (exact) mass is 287 g/mol. The van der Waals surface area contributed by atoms with Crippen LogP contribution >= 0.6 is 11.6 Å². The third-order valence-electron chi connectivity index (χ3n) is 2.83. The van der Waals surface area contributed by atoms with Gasteiger partial charge in [-0.25, -0.2) is 0 Å². The molecule has 0 aliphatic carbocycles. The summed E-state index contributed by atoms with van der Waals surface area (Å²) in [6, 6.07) is 0. The van der Waals surface area contributed by atoms with Gasteiger partial charge in [0.25, 0.3) is 0 Å². The van der Waals surface area contributed by atoms with E-state index in [1.54, 1.807) is 17.1 Å². The van der Waals surface area contributed by atoms with E-state index in [0.29, 0.717) is 24.7 Å². The number of hydrogen-bond donors (Lipinski definition) is 1. The molecule has 0 bridgehead atoms. The van der Waals surface area contributed by atoms with Crippen molar-refractivity contribution in [3.8, 4) is 0 Å². The Morgan fingerprint density at radius 3 is 3.26 bits per heavy atom. The molecule has 1 aliphatic heterocycles.